The highest BCUT2D eigenvalue weighted by molar-refractivity contribution is 8.13. The molecule has 1 saturated heterocycles. The monoisotopic (exact) mass is 325 g/mol. The zero-order chi connectivity index (χ0) is 14.0. The minimum Gasteiger partial charge on any atom is -0.377 e. The fourth-order valence-electron chi connectivity index (χ4n) is 1.90. The fraction of sp³-hybridized carbons (Fsp3) is 0.667. The van der Waals surface area contributed by atoms with Crippen LogP contribution in [0.5, 0.6) is 0 Å². The number of carbonyl (C=O) groups excluding carboxylic acids is 1. The number of hydrogen-bond acceptors (Lipinski definition) is 7. The van der Waals surface area contributed by atoms with Crippen LogP contribution in [0.4, 0.5) is 5.13 Å². The van der Waals surface area contributed by atoms with Crippen molar-refractivity contribution in [3.63, 3.8) is 0 Å². The van der Waals surface area contributed by atoms with Crippen molar-refractivity contribution < 1.29 is 17.9 Å². The number of methoxy groups -OCH3 is 1. The van der Waals surface area contributed by atoms with Crippen LogP contribution >= 0.6 is 22.0 Å². The summed E-state index contributed by atoms with van der Waals surface area (Å²) in [4.78, 5) is 13.3. The largest absolute Gasteiger partial charge is 0.377 e. The molecule has 106 valence electrons. The van der Waals surface area contributed by atoms with Gasteiger partial charge in [0.15, 0.2) is 0 Å². The molecular formula is C9H12ClN3O4S2. The number of rotatable bonds is 5. The molecule has 0 aliphatic carbocycles. The van der Waals surface area contributed by atoms with Gasteiger partial charge in [0.2, 0.25) is 20.1 Å². The predicted molar refractivity (Wildman–Crippen MR) is 70.7 cm³/mol. The minimum absolute atomic E-state index is 0.158. The van der Waals surface area contributed by atoms with Gasteiger partial charge in [0.25, 0.3) is 0 Å². The molecule has 1 aromatic rings. The molecule has 0 bridgehead atoms. The van der Waals surface area contributed by atoms with Crippen molar-refractivity contribution >= 4 is 42.1 Å². The van der Waals surface area contributed by atoms with Crippen LogP contribution < -0.4 is 4.90 Å². The van der Waals surface area contributed by atoms with E-state index in [1.54, 1.807) is 7.11 Å². The van der Waals surface area contributed by atoms with Crippen molar-refractivity contribution in [1.29, 1.82) is 0 Å². The summed E-state index contributed by atoms with van der Waals surface area (Å²) in [7, 11) is 3.15. The summed E-state index contributed by atoms with van der Waals surface area (Å²) in [6.07, 6.45) is 0.158. The smallest absolute Gasteiger partial charge is 0.232 e. The van der Waals surface area contributed by atoms with Crippen LogP contribution in [0, 0.1) is 5.92 Å². The van der Waals surface area contributed by atoms with Gasteiger partial charge in [-0.25, -0.2) is 8.42 Å². The summed E-state index contributed by atoms with van der Waals surface area (Å²) in [6, 6.07) is 0. The molecule has 1 unspecified atom stereocenters. The van der Waals surface area contributed by atoms with Crippen LogP contribution in [-0.2, 0) is 25.2 Å². The standard InChI is InChI=1S/C9H12ClN3O4S2/c1-17-4-7-11-12-9(18-7)13-3-6(2-8(13)14)5-19(10,15)16/h6H,2-5H2,1H3. The molecule has 1 fully saturated rings. The van der Waals surface area contributed by atoms with Gasteiger partial charge in [-0.15, -0.1) is 10.2 Å². The zero-order valence-electron chi connectivity index (χ0n) is 10.1. The Bertz CT molecular complexity index is 574. The van der Waals surface area contributed by atoms with Gasteiger partial charge in [0.05, 0.1) is 5.75 Å². The Morgan fingerprint density at radius 1 is 1.53 bits per heavy atom. The zero-order valence-corrected chi connectivity index (χ0v) is 12.5. The van der Waals surface area contributed by atoms with Gasteiger partial charge in [-0.3, -0.25) is 9.69 Å². The quantitative estimate of drug-likeness (QED) is 0.737. The van der Waals surface area contributed by atoms with E-state index in [-0.39, 0.29) is 24.0 Å². The van der Waals surface area contributed by atoms with E-state index in [4.69, 9.17) is 15.4 Å². The van der Waals surface area contributed by atoms with Crippen LogP contribution in [0.15, 0.2) is 0 Å². The molecule has 0 N–H and O–H groups in total. The Morgan fingerprint density at radius 2 is 2.26 bits per heavy atom. The first kappa shape index (κ1) is 14.6. The SMILES string of the molecule is COCc1nnc(N2CC(CS(=O)(=O)Cl)CC2=O)s1. The molecule has 2 rings (SSSR count). The fourth-order valence-corrected chi connectivity index (χ4v) is 4.05. The molecule has 0 spiro atoms. The lowest BCUT2D eigenvalue weighted by molar-refractivity contribution is -0.117. The Balaban J connectivity index is 2.06. The lowest BCUT2D eigenvalue weighted by Crippen LogP contribution is -2.25. The second-order valence-corrected chi connectivity index (χ2v) is 8.05. The molecule has 10 heteroatoms. The predicted octanol–water partition coefficient (Wildman–Crippen LogP) is 0.606. The maximum absolute atomic E-state index is 11.8. The lowest BCUT2D eigenvalue weighted by Gasteiger charge is -2.11. The summed E-state index contributed by atoms with van der Waals surface area (Å²) in [5.41, 5.74) is 0. The average Bonchev–Trinajstić information content (AvgIpc) is 2.84. The molecule has 1 atom stereocenters. The first-order chi connectivity index (χ1) is 8.89. The molecule has 0 saturated carbocycles. The van der Waals surface area contributed by atoms with Crippen molar-refractivity contribution in [2.45, 2.75) is 13.0 Å². The summed E-state index contributed by atoms with van der Waals surface area (Å²) in [6.45, 7) is 0.631. The van der Waals surface area contributed by atoms with Gasteiger partial charge in [-0.2, -0.15) is 0 Å². The number of carbonyl (C=O) groups is 1. The Kier molecular flexibility index (Phi) is 4.39. The van der Waals surface area contributed by atoms with Gasteiger partial charge in [0, 0.05) is 36.7 Å². The molecule has 1 aromatic heterocycles. The van der Waals surface area contributed by atoms with Crippen LogP contribution in [0.2, 0.25) is 0 Å². The number of aromatic nitrogens is 2. The van der Waals surface area contributed by atoms with Crippen LogP contribution in [-0.4, -0.2) is 43.9 Å². The topological polar surface area (TPSA) is 89.5 Å². The Hall–Kier alpha value is -0.770. The summed E-state index contributed by atoms with van der Waals surface area (Å²) >= 11 is 1.25. The second-order valence-electron chi connectivity index (χ2n) is 4.19. The molecule has 19 heavy (non-hydrogen) atoms. The van der Waals surface area contributed by atoms with Gasteiger partial charge in [-0.1, -0.05) is 11.3 Å². The molecule has 1 aliphatic rings. The van der Waals surface area contributed by atoms with Crippen LogP contribution in [0.3, 0.4) is 0 Å². The van der Waals surface area contributed by atoms with E-state index in [1.165, 1.54) is 16.2 Å². The van der Waals surface area contributed by atoms with E-state index in [2.05, 4.69) is 10.2 Å². The normalized spacial score (nSPS) is 20.2. The van der Waals surface area contributed by atoms with Crippen LogP contribution in [0.1, 0.15) is 11.4 Å². The number of amides is 1. The maximum Gasteiger partial charge on any atom is 0.232 e. The number of nitrogens with zero attached hydrogens (tertiary/aromatic N) is 3. The Morgan fingerprint density at radius 3 is 2.89 bits per heavy atom. The van der Waals surface area contributed by atoms with E-state index in [1.807, 2.05) is 0 Å². The third-order valence-corrected chi connectivity index (χ3v) is 4.76. The highest BCUT2D eigenvalue weighted by atomic mass is 35.7. The van der Waals surface area contributed by atoms with E-state index in [0.717, 1.165) is 0 Å². The van der Waals surface area contributed by atoms with E-state index < -0.39 is 9.05 Å². The third kappa shape index (κ3) is 3.85. The van der Waals surface area contributed by atoms with Crippen molar-refractivity contribution in [3.8, 4) is 0 Å². The Labute approximate surface area is 118 Å². The number of hydrogen-bond donors (Lipinski definition) is 0. The number of ether oxygens (including phenoxy) is 1. The van der Waals surface area contributed by atoms with Gasteiger partial charge < -0.3 is 4.74 Å². The number of halogens is 1. The molecule has 7 nitrogen and oxygen atoms in total. The summed E-state index contributed by atoms with van der Waals surface area (Å²) in [5, 5.41) is 8.93. The van der Waals surface area contributed by atoms with Gasteiger partial charge >= 0.3 is 0 Å². The lowest BCUT2D eigenvalue weighted by atomic mass is 10.1. The van der Waals surface area contributed by atoms with Crippen molar-refractivity contribution in [2.75, 3.05) is 24.3 Å². The molecule has 1 amide bonds. The van der Waals surface area contributed by atoms with Crippen molar-refractivity contribution in [2.24, 2.45) is 5.92 Å². The van der Waals surface area contributed by atoms with Crippen molar-refractivity contribution in [1.82, 2.24) is 10.2 Å². The molecule has 2 heterocycles. The second kappa shape index (κ2) is 5.70. The molecule has 1 aliphatic heterocycles. The average molecular weight is 326 g/mol. The van der Waals surface area contributed by atoms with Crippen LogP contribution in [0.25, 0.3) is 0 Å². The van der Waals surface area contributed by atoms with Gasteiger partial charge in [0.1, 0.15) is 11.6 Å². The molecular weight excluding hydrogens is 314 g/mol. The highest BCUT2D eigenvalue weighted by Crippen LogP contribution is 2.29. The highest BCUT2D eigenvalue weighted by Gasteiger charge is 2.34. The summed E-state index contributed by atoms with van der Waals surface area (Å²) in [5.74, 6) is -0.671. The van der Waals surface area contributed by atoms with E-state index >= 15 is 0 Å². The first-order valence-electron chi connectivity index (χ1n) is 5.43. The van der Waals surface area contributed by atoms with E-state index in [0.29, 0.717) is 23.3 Å². The first-order valence-corrected chi connectivity index (χ1v) is 8.72. The van der Waals surface area contributed by atoms with Crippen molar-refractivity contribution in [3.05, 3.63) is 5.01 Å². The summed E-state index contributed by atoms with van der Waals surface area (Å²) < 4.78 is 27.0. The third-order valence-electron chi connectivity index (χ3n) is 2.59. The maximum atomic E-state index is 11.8. The molecule has 0 radical (unpaired) electrons. The van der Waals surface area contributed by atoms with Gasteiger partial charge in [-0.05, 0) is 0 Å². The van der Waals surface area contributed by atoms with E-state index in [9.17, 15) is 13.2 Å². The minimum atomic E-state index is -3.60. The molecule has 0 aromatic carbocycles. The number of anilines is 1.